The number of alkyl carbamates (subject to hydrolysis) is 1. The number of aromatic nitrogens is 3. The summed E-state index contributed by atoms with van der Waals surface area (Å²) in [5.41, 5.74) is -0.955. The Bertz CT molecular complexity index is 1380. The van der Waals surface area contributed by atoms with E-state index in [0.29, 0.717) is 11.2 Å². The van der Waals surface area contributed by atoms with Crippen molar-refractivity contribution in [1.29, 1.82) is 0 Å². The van der Waals surface area contributed by atoms with Gasteiger partial charge < -0.3 is 15.4 Å². The summed E-state index contributed by atoms with van der Waals surface area (Å²) in [6, 6.07) is 1.60. The van der Waals surface area contributed by atoms with E-state index in [1.807, 2.05) is 20.8 Å². The first-order valence-corrected chi connectivity index (χ1v) is 14.5. The number of ether oxygens (including phenoxy) is 1. The van der Waals surface area contributed by atoms with Crippen molar-refractivity contribution in [1.82, 2.24) is 25.2 Å². The highest BCUT2D eigenvalue weighted by molar-refractivity contribution is 6.30. The average molecular weight is 600 g/mol. The predicted molar refractivity (Wildman–Crippen MR) is 141 cm³/mol. The molecule has 4 fully saturated rings. The van der Waals surface area contributed by atoms with Crippen LogP contribution in [0.2, 0.25) is 5.15 Å². The van der Waals surface area contributed by atoms with Crippen LogP contribution in [0.1, 0.15) is 70.6 Å². The maximum Gasteiger partial charge on any atom is 0.407 e. The van der Waals surface area contributed by atoms with Gasteiger partial charge in [0.2, 0.25) is 11.8 Å². The van der Waals surface area contributed by atoms with Gasteiger partial charge in [0.1, 0.15) is 0 Å². The molecular formula is C28H34ClF4N5O3. The fourth-order valence-corrected chi connectivity index (χ4v) is 7.16. The number of rotatable bonds is 8. The molecule has 13 heteroatoms. The van der Waals surface area contributed by atoms with Crippen LogP contribution in [0.3, 0.4) is 0 Å². The number of nitrogens with zero attached hydrogens (tertiary/aromatic N) is 3. The highest BCUT2D eigenvalue weighted by Gasteiger charge is 2.84. The van der Waals surface area contributed by atoms with Gasteiger partial charge in [-0.2, -0.15) is 5.10 Å². The molecule has 4 aliphatic rings. The lowest BCUT2D eigenvalue weighted by Crippen LogP contribution is -2.46. The lowest BCUT2D eigenvalue weighted by molar-refractivity contribution is -0.147. The molecule has 2 N–H and O–H groups in total. The number of hydrogen-bond acceptors (Lipinski definition) is 5. The fourth-order valence-electron chi connectivity index (χ4n) is 6.96. The molecule has 8 nitrogen and oxygen atoms in total. The molecule has 4 aliphatic carbocycles. The molecule has 0 aliphatic heterocycles. The van der Waals surface area contributed by atoms with Crippen molar-refractivity contribution in [2.24, 2.45) is 29.6 Å². The Kier molecular flexibility index (Phi) is 6.56. The monoisotopic (exact) mass is 599 g/mol. The third kappa shape index (κ3) is 5.14. The topological polar surface area (TPSA) is 97.6 Å². The molecule has 2 aromatic heterocycles. The number of carbonyl (C=O) groups is 2. The summed E-state index contributed by atoms with van der Waals surface area (Å²) in [5.74, 6) is -7.70. The number of carbonyl (C=O) groups excluding carboxylic acids is 2. The van der Waals surface area contributed by atoms with E-state index in [2.05, 4.69) is 20.7 Å². The van der Waals surface area contributed by atoms with Crippen LogP contribution in [0.25, 0.3) is 5.65 Å². The maximum atomic E-state index is 15.1. The van der Waals surface area contributed by atoms with E-state index in [0.717, 1.165) is 12.8 Å². The lowest BCUT2D eigenvalue weighted by atomic mass is 9.71. The molecule has 0 aromatic carbocycles. The van der Waals surface area contributed by atoms with E-state index in [4.69, 9.17) is 16.3 Å². The van der Waals surface area contributed by atoms with Crippen LogP contribution in [0.15, 0.2) is 12.3 Å². The van der Waals surface area contributed by atoms with Crippen molar-refractivity contribution >= 4 is 29.2 Å². The largest absolute Gasteiger partial charge is 0.449 e. The first kappa shape index (κ1) is 28.5. The lowest BCUT2D eigenvalue weighted by Gasteiger charge is -2.39. The van der Waals surface area contributed by atoms with Crippen molar-refractivity contribution in [2.45, 2.75) is 88.6 Å². The van der Waals surface area contributed by atoms with Crippen molar-refractivity contribution in [2.75, 3.05) is 6.61 Å². The number of fused-ring (bicyclic) bond motifs is 2. The maximum absolute atomic E-state index is 15.1. The van der Waals surface area contributed by atoms with Crippen LogP contribution in [0, 0.1) is 29.6 Å². The average Bonchev–Trinajstić information content (AvgIpc) is 3.59. The number of amides is 2. The van der Waals surface area contributed by atoms with E-state index in [9.17, 15) is 18.4 Å². The van der Waals surface area contributed by atoms with Crippen LogP contribution in [-0.4, -0.2) is 50.6 Å². The van der Waals surface area contributed by atoms with E-state index < -0.39 is 40.7 Å². The molecule has 0 spiro atoms. The summed E-state index contributed by atoms with van der Waals surface area (Å²) in [6.45, 7) is 5.53. The first-order valence-electron chi connectivity index (χ1n) is 14.1. The van der Waals surface area contributed by atoms with Crippen molar-refractivity contribution in [3.63, 3.8) is 0 Å². The highest BCUT2D eigenvalue weighted by Crippen LogP contribution is 2.75. The molecule has 2 heterocycles. The smallest absolute Gasteiger partial charge is 0.407 e. The van der Waals surface area contributed by atoms with Gasteiger partial charge in [0.25, 0.3) is 5.92 Å². The van der Waals surface area contributed by atoms with Gasteiger partial charge in [0.05, 0.1) is 23.9 Å². The molecule has 0 bridgehead atoms. The first-order chi connectivity index (χ1) is 19.1. The number of halogens is 5. The summed E-state index contributed by atoms with van der Waals surface area (Å²) in [7, 11) is 0. The Hall–Kier alpha value is -2.63. The third-order valence-corrected chi connectivity index (χ3v) is 9.42. The Morgan fingerprint density at radius 2 is 1.88 bits per heavy atom. The Morgan fingerprint density at radius 3 is 2.51 bits per heavy atom. The van der Waals surface area contributed by atoms with Gasteiger partial charge in [-0.05, 0) is 70.3 Å². The molecule has 224 valence electrons. The number of alkyl halides is 4. The standard InChI is InChI=1S/C28H34ClF4N5O3/c1-25(2,3)36-24(40)41-13-14-6-18-27(8-14,28(18,32)33)19-12-38-20(35-19)7-16(22(29)37-38)11-34-23(39)21(15-4-5-15)17-9-26(30,31)10-17/h7,12,14-15,17-18,21H,4-6,8-11,13H2,1-3H3,(H,34,39)(H,36,40)/t14?,18?,21-,27?/m1/s1. The van der Waals surface area contributed by atoms with E-state index >= 15 is 8.78 Å². The van der Waals surface area contributed by atoms with Crippen LogP contribution < -0.4 is 10.6 Å². The molecule has 3 unspecified atom stereocenters. The van der Waals surface area contributed by atoms with Crippen molar-refractivity contribution < 1.29 is 31.9 Å². The zero-order valence-electron chi connectivity index (χ0n) is 23.2. The highest BCUT2D eigenvalue weighted by atomic mass is 35.5. The van der Waals surface area contributed by atoms with Crippen molar-refractivity contribution in [3.05, 3.63) is 28.7 Å². The molecule has 4 atom stereocenters. The minimum absolute atomic E-state index is 0.0235. The minimum atomic E-state index is -2.94. The van der Waals surface area contributed by atoms with Crippen molar-refractivity contribution in [3.8, 4) is 0 Å². The molecule has 2 amide bonds. The van der Waals surface area contributed by atoms with Crippen LogP contribution >= 0.6 is 11.6 Å². The molecular weight excluding hydrogens is 566 g/mol. The molecule has 6 rings (SSSR count). The summed E-state index contributed by atoms with van der Waals surface area (Å²) in [4.78, 5) is 29.5. The van der Waals surface area contributed by atoms with E-state index in [1.54, 1.807) is 6.07 Å². The molecule has 4 saturated carbocycles. The molecule has 0 radical (unpaired) electrons. The Labute approximate surface area is 239 Å². The Balaban J connectivity index is 1.13. The quantitative estimate of drug-likeness (QED) is 0.390. The van der Waals surface area contributed by atoms with E-state index in [-0.39, 0.29) is 73.3 Å². The second kappa shape index (κ2) is 9.44. The second-order valence-corrected chi connectivity index (χ2v) is 13.8. The van der Waals surface area contributed by atoms with Gasteiger partial charge in [-0.15, -0.1) is 0 Å². The molecule has 2 aromatic rings. The third-order valence-electron chi connectivity index (χ3n) is 9.10. The number of hydrogen-bond donors (Lipinski definition) is 2. The predicted octanol–water partition coefficient (Wildman–Crippen LogP) is 5.51. The van der Waals surface area contributed by atoms with Crippen LogP contribution in [-0.2, 0) is 21.5 Å². The van der Waals surface area contributed by atoms with Gasteiger partial charge in [0, 0.05) is 42.3 Å². The zero-order chi connectivity index (χ0) is 29.5. The van der Waals surface area contributed by atoms with E-state index in [1.165, 1.54) is 10.7 Å². The van der Waals surface area contributed by atoms with Gasteiger partial charge in [-0.25, -0.2) is 31.9 Å². The van der Waals surface area contributed by atoms with Gasteiger partial charge in [-0.3, -0.25) is 4.79 Å². The fraction of sp³-hybridized carbons (Fsp3) is 0.714. The van der Waals surface area contributed by atoms with Gasteiger partial charge in [-0.1, -0.05) is 11.6 Å². The Morgan fingerprint density at radius 1 is 1.17 bits per heavy atom. The summed E-state index contributed by atoms with van der Waals surface area (Å²) in [6.07, 6.45) is 2.40. The molecule has 41 heavy (non-hydrogen) atoms. The SMILES string of the molecule is CC(C)(C)NC(=O)OCC1CC2C(F)(F)C2(c2cn3nc(Cl)c(CNC(=O)[C@H](C4CC4)C4CC(F)(F)C4)cc3n2)C1. The summed E-state index contributed by atoms with van der Waals surface area (Å²) in [5, 5.41) is 9.88. The summed E-state index contributed by atoms with van der Waals surface area (Å²) < 4.78 is 63.7. The van der Waals surface area contributed by atoms with Gasteiger partial charge >= 0.3 is 6.09 Å². The summed E-state index contributed by atoms with van der Waals surface area (Å²) >= 11 is 6.38. The zero-order valence-corrected chi connectivity index (χ0v) is 23.9. The normalized spacial score (nSPS) is 29.0. The van der Waals surface area contributed by atoms with Crippen LogP contribution in [0.5, 0.6) is 0 Å². The van der Waals surface area contributed by atoms with Gasteiger partial charge in [0.15, 0.2) is 10.8 Å². The van der Waals surface area contributed by atoms with Crippen LogP contribution in [0.4, 0.5) is 22.4 Å². The molecule has 0 saturated heterocycles. The number of imidazole rings is 1. The number of nitrogens with one attached hydrogen (secondary N) is 2. The second-order valence-electron chi connectivity index (χ2n) is 13.4. The minimum Gasteiger partial charge on any atom is -0.449 e.